The van der Waals surface area contributed by atoms with Crippen LogP contribution in [0.25, 0.3) is 0 Å². The van der Waals surface area contributed by atoms with Crippen LogP contribution in [-0.4, -0.2) is 37.0 Å². The van der Waals surface area contributed by atoms with Crippen molar-refractivity contribution in [2.24, 2.45) is 5.92 Å². The highest BCUT2D eigenvalue weighted by Crippen LogP contribution is 2.24. The van der Waals surface area contributed by atoms with Gasteiger partial charge in [0.15, 0.2) is 0 Å². The second kappa shape index (κ2) is 8.93. The quantitative estimate of drug-likeness (QED) is 0.575. The Kier molecular flexibility index (Phi) is 7.18. The Morgan fingerprint density at radius 1 is 0.895 bits per heavy atom. The third-order valence-corrected chi connectivity index (χ3v) is 4.81. The van der Waals surface area contributed by atoms with Gasteiger partial charge in [-0.15, -0.1) is 0 Å². The normalized spacial score (nSPS) is 30.2. The first-order chi connectivity index (χ1) is 9.40. The maximum atomic E-state index is 9.38. The maximum Gasteiger partial charge on any atom is 0.0594 e. The van der Waals surface area contributed by atoms with Gasteiger partial charge in [0.25, 0.3) is 0 Å². The van der Waals surface area contributed by atoms with Crippen molar-refractivity contribution in [2.45, 2.75) is 76.4 Å². The van der Waals surface area contributed by atoms with Crippen molar-refractivity contribution in [3.63, 3.8) is 0 Å². The lowest BCUT2D eigenvalue weighted by Gasteiger charge is -2.31. The Hall–Kier alpha value is -0.120. The first kappa shape index (κ1) is 15.3. The number of hydrogen-bond acceptors (Lipinski definition) is 3. The summed E-state index contributed by atoms with van der Waals surface area (Å²) in [5, 5.41) is 13.0. The van der Waals surface area contributed by atoms with E-state index in [0.717, 1.165) is 13.2 Å². The summed E-state index contributed by atoms with van der Waals surface area (Å²) in [6.45, 7) is 2.11. The second-order valence-electron chi connectivity index (χ2n) is 6.27. The largest absolute Gasteiger partial charge is 0.396 e. The molecule has 0 aromatic carbocycles. The minimum Gasteiger partial charge on any atom is -0.396 e. The van der Waals surface area contributed by atoms with E-state index in [0.29, 0.717) is 24.7 Å². The van der Waals surface area contributed by atoms with E-state index in [1.165, 1.54) is 64.2 Å². The van der Waals surface area contributed by atoms with Crippen molar-refractivity contribution in [3.8, 4) is 0 Å². The Bertz CT molecular complexity index is 227. The number of hydrogen-bond donors (Lipinski definition) is 2. The molecule has 3 heteroatoms. The summed E-state index contributed by atoms with van der Waals surface area (Å²) < 4.78 is 6.00. The first-order valence-corrected chi connectivity index (χ1v) is 8.36. The SMILES string of the molecule is OC[C@H]1CCCC[C@@H]1NCCOC1CCCCCC1. The number of ether oxygens (including phenoxy) is 1. The van der Waals surface area contributed by atoms with Crippen LogP contribution in [0.5, 0.6) is 0 Å². The van der Waals surface area contributed by atoms with E-state index >= 15 is 0 Å². The molecule has 2 saturated carbocycles. The molecule has 0 unspecified atom stereocenters. The lowest BCUT2D eigenvalue weighted by Crippen LogP contribution is -2.41. The zero-order chi connectivity index (χ0) is 13.3. The van der Waals surface area contributed by atoms with Crippen LogP contribution in [0.1, 0.15) is 64.2 Å². The molecule has 0 spiro atoms. The maximum absolute atomic E-state index is 9.38. The molecule has 0 aromatic rings. The topological polar surface area (TPSA) is 41.5 Å². The molecule has 2 aliphatic rings. The Morgan fingerprint density at radius 3 is 2.32 bits per heavy atom. The standard InChI is InChI=1S/C16H31NO2/c18-13-14-7-5-6-10-16(14)17-11-12-19-15-8-3-1-2-4-9-15/h14-18H,1-13H2/t14-,16+/m1/s1. The van der Waals surface area contributed by atoms with E-state index in [4.69, 9.17) is 4.74 Å². The molecule has 2 atom stereocenters. The van der Waals surface area contributed by atoms with Gasteiger partial charge in [0.1, 0.15) is 0 Å². The molecule has 2 aliphatic carbocycles. The summed E-state index contributed by atoms with van der Waals surface area (Å²) in [5.41, 5.74) is 0. The van der Waals surface area contributed by atoms with Crippen LogP contribution in [0.2, 0.25) is 0 Å². The lowest BCUT2D eigenvalue weighted by atomic mass is 9.85. The number of nitrogens with one attached hydrogen (secondary N) is 1. The Morgan fingerprint density at radius 2 is 1.58 bits per heavy atom. The van der Waals surface area contributed by atoms with Crippen molar-refractivity contribution in [1.29, 1.82) is 0 Å². The molecule has 2 rings (SSSR count). The van der Waals surface area contributed by atoms with Gasteiger partial charge in [-0.05, 0) is 31.6 Å². The highest BCUT2D eigenvalue weighted by Gasteiger charge is 2.23. The zero-order valence-electron chi connectivity index (χ0n) is 12.3. The van der Waals surface area contributed by atoms with E-state index in [1.807, 2.05) is 0 Å². The monoisotopic (exact) mass is 269 g/mol. The third-order valence-electron chi connectivity index (χ3n) is 4.81. The van der Waals surface area contributed by atoms with Gasteiger partial charge in [-0.25, -0.2) is 0 Å². The van der Waals surface area contributed by atoms with Crippen LogP contribution in [0, 0.1) is 5.92 Å². The molecule has 0 bridgehead atoms. The van der Waals surface area contributed by atoms with Crippen molar-refractivity contribution in [3.05, 3.63) is 0 Å². The molecule has 0 amide bonds. The van der Waals surface area contributed by atoms with E-state index < -0.39 is 0 Å². The minimum atomic E-state index is 0.334. The fourth-order valence-electron chi connectivity index (χ4n) is 3.57. The zero-order valence-corrected chi connectivity index (χ0v) is 12.3. The summed E-state index contributed by atoms with van der Waals surface area (Å²) in [4.78, 5) is 0. The van der Waals surface area contributed by atoms with Crippen LogP contribution < -0.4 is 5.32 Å². The smallest absolute Gasteiger partial charge is 0.0594 e. The number of aliphatic hydroxyl groups excluding tert-OH is 1. The molecule has 0 radical (unpaired) electrons. The summed E-state index contributed by atoms with van der Waals surface area (Å²) in [5.74, 6) is 0.464. The molecule has 0 aliphatic heterocycles. The molecule has 0 saturated heterocycles. The van der Waals surface area contributed by atoms with Crippen molar-refractivity contribution >= 4 is 0 Å². The fraction of sp³-hybridized carbons (Fsp3) is 1.00. The third kappa shape index (κ3) is 5.41. The molecule has 112 valence electrons. The second-order valence-corrected chi connectivity index (χ2v) is 6.27. The molecule has 0 heterocycles. The fourth-order valence-corrected chi connectivity index (χ4v) is 3.57. The van der Waals surface area contributed by atoms with Gasteiger partial charge in [0.05, 0.1) is 12.7 Å². The van der Waals surface area contributed by atoms with E-state index in [2.05, 4.69) is 5.32 Å². The van der Waals surface area contributed by atoms with Gasteiger partial charge in [-0.1, -0.05) is 38.5 Å². The van der Waals surface area contributed by atoms with E-state index in [1.54, 1.807) is 0 Å². The van der Waals surface area contributed by atoms with Crippen LogP contribution >= 0.6 is 0 Å². The molecule has 2 N–H and O–H groups in total. The first-order valence-electron chi connectivity index (χ1n) is 8.36. The predicted octanol–water partition coefficient (Wildman–Crippen LogP) is 2.87. The molecular formula is C16H31NO2. The van der Waals surface area contributed by atoms with Crippen LogP contribution in [0.15, 0.2) is 0 Å². The van der Waals surface area contributed by atoms with Gasteiger partial charge in [0.2, 0.25) is 0 Å². The molecular weight excluding hydrogens is 238 g/mol. The van der Waals surface area contributed by atoms with Crippen molar-refractivity contribution in [1.82, 2.24) is 5.32 Å². The highest BCUT2D eigenvalue weighted by molar-refractivity contribution is 4.80. The van der Waals surface area contributed by atoms with Crippen LogP contribution in [0.3, 0.4) is 0 Å². The average Bonchev–Trinajstić information content (AvgIpc) is 2.72. The summed E-state index contributed by atoms with van der Waals surface area (Å²) in [7, 11) is 0. The Labute approximate surface area is 118 Å². The van der Waals surface area contributed by atoms with Crippen molar-refractivity contribution in [2.75, 3.05) is 19.8 Å². The average molecular weight is 269 g/mol. The van der Waals surface area contributed by atoms with Gasteiger partial charge < -0.3 is 15.2 Å². The van der Waals surface area contributed by atoms with E-state index in [-0.39, 0.29) is 0 Å². The van der Waals surface area contributed by atoms with Crippen molar-refractivity contribution < 1.29 is 9.84 Å². The van der Waals surface area contributed by atoms with E-state index in [9.17, 15) is 5.11 Å². The van der Waals surface area contributed by atoms with Gasteiger partial charge >= 0.3 is 0 Å². The number of aliphatic hydroxyl groups is 1. The van der Waals surface area contributed by atoms with Crippen LogP contribution in [0.4, 0.5) is 0 Å². The van der Waals surface area contributed by atoms with Gasteiger partial charge in [0, 0.05) is 19.2 Å². The minimum absolute atomic E-state index is 0.334. The molecule has 0 aromatic heterocycles. The molecule has 2 fully saturated rings. The van der Waals surface area contributed by atoms with Gasteiger partial charge in [-0.2, -0.15) is 0 Å². The van der Waals surface area contributed by atoms with Gasteiger partial charge in [-0.3, -0.25) is 0 Å². The molecule has 3 nitrogen and oxygen atoms in total. The van der Waals surface area contributed by atoms with Crippen LogP contribution in [-0.2, 0) is 4.74 Å². The Balaban J connectivity index is 1.57. The number of rotatable bonds is 6. The predicted molar refractivity (Wildman–Crippen MR) is 78.3 cm³/mol. The summed E-state index contributed by atoms with van der Waals surface area (Å²) in [6, 6.07) is 0.511. The summed E-state index contributed by atoms with van der Waals surface area (Å²) in [6.07, 6.45) is 13.4. The lowest BCUT2D eigenvalue weighted by molar-refractivity contribution is 0.0410. The summed E-state index contributed by atoms with van der Waals surface area (Å²) >= 11 is 0. The highest BCUT2D eigenvalue weighted by atomic mass is 16.5. The molecule has 19 heavy (non-hydrogen) atoms.